The Hall–Kier alpha value is -1.60. The van der Waals surface area contributed by atoms with Crippen LogP contribution in [0.25, 0.3) is 0 Å². The molecule has 1 unspecified atom stereocenters. The third kappa shape index (κ3) is 4.18. The number of ether oxygens (including phenoxy) is 1. The molecule has 1 aliphatic rings. The van der Waals surface area contributed by atoms with Crippen LogP contribution in [0.1, 0.15) is 12.8 Å². The number of amides is 1. The summed E-state index contributed by atoms with van der Waals surface area (Å²) in [5.74, 6) is -0.169. The molecule has 0 spiro atoms. The van der Waals surface area contributed by atoms with Crippen molar-refractivity contribution in [3.63, 3.8) is 0 Å². The Labute approximate surface area is 125 Å². The molecule has 21 heavy (non-hydrogen) atoms. The number of methoxy groups -OCH3 is 1. The maximum absolute atomic E-state index is 12.4. The molecule has 1 fully saturated rings. The molecule has 1 amide bonds. The number of rotatable bonds is 5. The Morgan fingerprint density at radius 1 is 1.38 bits per heavy atom. The molecule has 1 aromatic rings. The summed E-state index contributed by atoms with van der Waals surface area (Å²) in [7, 11) is -2.05. The van der Waals surface area contributed by atoms with Crippen LogP contribution in [0.3, 0.4) is 0 Å². The summed E-state index contributed by atoms with van der Waals surface area (Å²) < 4.78 is 32.2. The van der Waals surface area contributed by atoms with E-state index in [9.17, 15) is 13.2 Å². The van der Waals surface area contributed by atoms with Gasteiger partial charge in [-0.15, -0.1) is 0 Å². The fraction of sp³-hybridized carbons (Fsp3) is 0.500. The summed E-state index contributed by atoms with van der Waals surface area (Å²) in [4.78, 5) is 13.4. The highest BCUT2D eigenvalue weighted by atomic mass is 32.2. The van der Waals surface area contributed by atoms with Crippen LogP contribution in [-0.2, 0) is 19.6 Å². The molecule has 7 heteroatoms. The normalized spacial score (nSPS) is 19.3. The topological polar surface area (TPSA) is 75.7 Å². The average molecular weight is 312 g/mol. The Morgan fingerprint density at radius 2 is 2.10 bits per heavy atom. The van der Waals surface area contributed by atoms with Crippen molar-refractivity contribution in [1.29, 1.82) is 0 Å². The van der Waals surface area contributed by atoms with Crippen LogP contribution in [0.15, 0.2) is 30.3 Å². The van der Waals surface area contributed by atoms with E-state index in [1.165, 1.54) is 7.11 Å². The summed E-state index contributed by atoms with van der Waals surface area (Å²) in [6.45, 7) is 0.781. The number of likely N-dealkylation sites (tertiary alicyclic amines) is 1. The lowest BCUT2D eigenvalue weighted by atomic mass is 10.1. The largest absolute Gasteiger partial charge is 0.375 e. The number of anilines is 1. The SMILES string of the molecule is COCC(=O)N1CCCC(S(=O)(=O)Nc2ccccc2)C1. The van der Waals surface area contributed by atoms with Gasteiger partial charge in [-0.3, -0.25) is 9.52 Å². The van der Waals surface area contributed by atoms with Crippen LogP contribution >= 0.6 is 0 Å². The lowest BCUT2D eigenvalue weighted by molar-refractivity contribution is -0.135. The number of hydrogen-bond donors (Lipinski definition) is 1. The molecule has 1 aromatic carbocycles. The molecule has 1 N–H and O–H groups in total. The van der Waals surface area contributed by atoms with Gasteiger partial charge >= 0.3 is 0 Å². The number of para-hydroxylation sites is 1. The Kier molecular flexibility index (Phi) is 5.19. The standard InChI is InChI=1S/C14H20N2O4S/c1-20-11-14(17)16-9-5-8-13(10-16)21(18,19)15-12-6-3-2-4-7-12/h2-4,6-7,13,15H,5,8-11H2,1H3. The highest BCUT2D eigenvalue weighted by Crippen LogP contribution is 2.20. The fourth-order valence-corrected chi connectivity index (χ4v) is 3.87. The molecular weight excluding hydrogens is 292 g/mol. The van der Waals surface area contributed by atoms with Gasteiger partial charge in [0.1, 0.15) is 6.61 Å². The number of nitrogens with zero attached hydrogens (tertiary/aromatic N) is 1. The van der Waals surface area contributed by atoms with Gasteiger partial charge in [0.05, 0.1) is 5.25 Å². The molecule has 0 radical (unpaired) electrons. The maximum atomic E-state index is 12.4. The summed E-state index contributed by atoms with van der Waals surface area (Å²) >= 11 is 0. The first-order valence-electron chi connectivity index (χ1n) is 6.86. The van der Waals surface area contributed by atoms with Gasteiger partial charge < -0.3 is 9.64 Å². The van der Waals surface area contributed by atoms with E-state index in [4.69, 9.17) is 4.74 Å². The van der Waals surface area contributed by atoms with E-state index in [-0.39, 0.29) is 19.1 Å². The van der Waals surface area contributed by atoms with Gasteiger partial charge in [0.2, 0.25) is 15.9 Å². The molecule has 116 valence electrons. The van der Waals surface area contributed by atoms with Crippen molar-refractivity contribution in [2.75, 3.05) is 31.5 Å². The zero-order chi connectivity index (χ0) is 15.3. The second-order valence-corrected chi connectivity index (χ2v) is 7.01. The summed E-state index contributed by atoms with van der Waals surface area (Å²) in [6.07, 6.45) is 1.23. The van der Waals surface area contributed by atoms with E-state index in [1.54, 1.807) is 29.2 Å². The molecule has 1 atom stereocenters. The molecule has 0 saturated carbocycles. The third-order valence-electron chi connectivity index (χ3n) is 3.47. The summed E-state index contributed by atoms with van der Waals surface area (Å²) in [5, 5.41) is -0.590. The van der Waals surface area contributed by atoms with Crippen molar-refractivity contribution in [1.82, 2.24) is 4.90 Å². The smallest absolute Gasteiger partial charge is 0.248 e. The van der Waals surface area contributed by atoms with Gasteiger partial charge in [-0.25, -0.2) is 8.42 Å². The number of hydrogen-bond acceptors (Lipinski definition) is 4. The minimum absolute atomic E-state index is 0.0150. The van der Waals surface area contributed by atoms with E-state index in [1.807, 2.05) is 6.07 Å². The highest BCUT2D eigenvalue weighted by Gasteiger charge is 2.32. The molecule has 0 aromatic heterocycles. The first kappa shape index (κ1) is 15.8. The first-order chi connectivity index (χ1) is 10.0. The van der Waals surface area contributed by atoms with Gasteiger partial charge in [-0.1, -0.05) is 18.2 Å². The van der Waals surface area contributed by atoms with Crippen molar-refractivity contribution < 1.29 is 17.9 Å². The fourth-order valence-electron chi connectivity index (χ4n) is 2.39. The van der Waals surface area contributed by atoms with Crippen molar-refractivity contribution in [2.24, 2.45) is 0 Å². The van der Waals surface area contributed by atoms with Crippen molar-refractivity contribution in [3.05, 3.63) is 30.3 Å². The lowest BCUT2D eigenvalue weighted by Gasteiger charge is -2.32. The van der Waals surface area contributed by atoms with Crippen molar-refractivity contribution >= 4 is 21.6 Å². The molecule has 1 aliphatic heterocycles. The number of nitrogens with one attached hydrogen (secondary N) is 1. The average Bonchev–Trinajstić information content (AvgIpc) is 2.48. The van der Waals surface area contributed by atoms with Crippen LogP contribution in [0, 0.1) is 0 Å². The van der Waals surface area contributed by atoms with Gasteiger partial charge in [0.15, 0.2) is 0 Å². The Bertz CT molecular complexity index is 574. The van der Waals surface area contributed by atoms with Crippen LogP contribution in [0.2, 0.25) is 0 Å². The Balaban J connectivity index is 2.04. The van der Waals surface area contributed by atoms with Crippen LogP contribution < -0.4 is 4.72 Å². The van der Waals surface area contributed by atoms with Crippen molar-refractivity contribution in [3.8, 4) is 0 Å². The number of piperidine rings is 1. The molecule has 1 heterocycles. The highest BCUT2D eigenvalue weighted by molar-refractivity contribution is 7.93. The van der Waals surface area contributed by atoms with Gasteiger partial charge in [-0.2, -0.15) is 0 Å². The van der Waals surface area contributed by atoms with Gasteiger partial charge in [0.25, 0.3) is 0 Å². The molecule has 6 nitrogen and oxygen atoms in total. The molecule has 1 saturated heterocycles. The van der Waals surface area contributed by atoms with Crippen LogP contribution in [-0.4, -0.2) is 51.3 Å². The van der Waals surface area contributed by atoms with Crippen molar-refractivity contribution in [2.45, 2.75) is 18.1 Å². The zero-order valence-electron chi connectivity index (χ0n) is 12.0. The quantitative estimate of drug-likeness (QED) is 0.882. The zero-order valence-corrected chi connectivity index (χ0v) is 12.8. The maximum Gasteiger partial charge on any atom is 0.248 e. The number of carbonyl (C=O) groups is 1. The summed E-state index contributed by atoms with van der Waals surface area (Å²) in [6, 6.07) is 8.77. The minimum Gasteiger partial charge on any atom is -0.375 e. The van der Waals surface area contributed by atoms with E-state index in [0.29, 0.717) is 25.1 Å². The van der Waals surface area contributed by atoms with Crippen LogP contribution in [0.4, 0.5) is 5.69 Å². The van der Waals surface area contributed by atoms with E-state index < -0.39 is 15.3 Å². The predicted molar refractivity (Wildman–Crippen MR) is 80.5 cm³/mol. The predicted octanol–water partition coefficient (Wildman–Crippen LogP) is 1.07. The second kappa shape index (κ2) is 6.91. The van der Waals surface area contributed by atoms with Crippen LogP contribution in [0.5, 0.6) is 0 Å². The molecular formula is C14H20N2O4S. The number of benzene rings is 1. The summed E-state index contributed by atoms with van der Waals surface area (Å²) in [5.41, 5.74) is 0.540. The Morgan fingerprint density at radius 3 is 2.76 bits per heavy atom. The molecule has 0 bridgehead atoms. The lowest BCUT2D eigenvalue weighted by Crippen LogP contribution is -2.47. The van der Waals surface area contributed by atoms with Gasteiger partial charge in [-0.05, 0) is 25.0 Å². The van der Waals surface area contributed by atoms with E-state index in [0.717, 1.165) is 0 Å². The molecule has 0 aliphatic carbocycles. The molecule has 2 rings (SSSR count). The first-order valence-corrected chi connectivity index (χ1v) is 8.41. The number of sulfonamides is 1. The second-order valence-electron chi connectivity index (χ2n) is 5.05. The van der Waals surface area contributed by atoms with Gasteiger partial charge in [0, 0.05) is 25.9 Å². The third-order valence-corrected chi connectivity index (χ3v) is 5.25. The van der Waals surface area contributed by atoms with E-state index >= 15 is 0 Å². The minimum atomic E-state index is -3.50. The number of carbonyl (C=O) groups excluding carboxylic acids is 1. The van der Waals surface area contributed by atoms with E-state index in [2.05, 4.69) is 4.72 Å². The monoisotopic (exact) mass is 312 g/mol.